The molecule has 0 spiro atoms. The Morgan fingerprint density at radius 1 is 1.06 bits per heavy atom. The zero-order valence-electron chi connectivity index (χ0n) is 19.1. The lowest BCUT2D eigenvalue weighted by atomic mass is 10.2. The fraction of sp³-hybridized carbons (Fsp3) is 0.400. The van der Waals surface area contributed by atoms with Crippen LogP contribution in [0.4, 0.5) is 4.39 Å². The molecule has 0 radical (unpaired) electrons. The van der Waals surface area contributed by atoms with E-state index in [9.17, 15) is 4.39 Å². The predicted octanol–water partition coefficient (Wildman–Crippen LogP) is 5.50. The van der Waals surface area contributed by atoms with Crippen molar-refractivity contribution in [3.05, 3.63) is 64.1 Å². The molecule has 0 amide bonds. The summed E-state index contributed by atoms with van der Waals surface area (Å²) in [6.45, 7) is 6.68. The zero-order chi connectivity index (χ0) is 23.2. The summed E-state index contributed by atoms with van der Waals surface area (Å²) in [5.41, 5.74) is 1.60. The Morgan fingerprint density at radius 2 is 1.79 bits per heavy atom. The van der Waals surface area contributed by atoms with E-state index < -0.39 is 0 Å². The minimum Gasteiger partial charge on any atom is -0.297 e. The first kappa shape index (κ1) is 22.0. The van der Waals surface area contributed by atoms with Gasteiger partial charge in [-0.3, -0.25) is 14.4 Å². The van der Waals surface area contributed by atoms with E-state index in [1.54, 1.807) is 23.5 Å². The summed E-state index contributed by atoms with van der Waals surface area (Å²) in [6, 6.07) is 15.8. The molecule has 1 saturated heterocycles. The first-order chi connectivity index (χ1) is 16.6. The minimum atomic E-state index is -0.256. The number of benzene rings is 2. The van der Waals surface area contributed by atoms with Gasteiger partial charge in [0, 0.05) is 32.2 Å². The normalized spacial score (nSPS) is 18.5. The zero-order valence-corrected chi connectivity index (χ0v) is 20.7. The van der Waals surface area contributed by atoms with Gasteiger partial charge in [0.15, 0.2) is 10.6 Å². The number of thiazole rings is 1. The van der Waals surface area contributed by atoms with Gasteiger partial charge in [-0.05, 0) is 56.2 Å². The third-order valence-corrected chi connectivity index (χ3v) is 8.47. The lowest BCUT2D eigenvalue weighted by Gasteiger charge is -2.37. The maximum Gasteiger partial charge on any atom is 0.199 e. The SMILES string of the molecule is CC(c1nc2ccccc2s1)N1CCN(Cn2nc(-c3ccccc3F)n(C3CC3)c2=S)CC1. The van der Waals surface area contributed by atoms with Crippen molar-refractivity contribution in [2.24, 2.45) is 0 Å². The van der Waals surface area contributed by atoms with E-state index in [1.165, 1.54) is 15.8 Å². The van der Waals surface area contributed by atoms with Gasteiger partial charge in [-0.25, -0.2) is 14.1 Å². The topological polar surface area (TPSA) is 42.1 Å². The summed E-state index contributed by atoms with van der Waals surface area (Å²) in [4.78, 5) is 9.74. The molecule has 2 aliphatic rings. The minimum absolute atomic E-state index is 0.256. The average Bonchev–Trinajstić information content (AvgIpc) is 3.51. The molecule has 2 fully saturated rings. The molecule has 0 bridgehead atoms. The van der Waals surface area contributed by atoms with Crippen LogP contribution in [0.15, 0.2) is 48.5 Å². The van der Waals surface area contributed by atoms with E-state index in [0.717, 1.165) is 44.5 Å². The van der Waals surface area contributed by atoms with Crippen molar-refractivity contribution >= 4 is 33.8 Å². The van der Waals surface area contributed by atoms with Gasteiger partial charge in [-0.15, -0.1) is 11.3 Å². The summed E-state index contributed by atoms with van der Waals surface area (Å²) in [7, 11) is 0. The third kappa shape index (κ3) is 4.11. The molecule has 6 rings (SSSR count). The number of aromatic nitrogens is 4. The molecule has 1 aliphatic carbocycles. The molecule has 4 aromatic rings. The quantitative estimate of drug-likeness (QED) is 0.331. The monoisotopic (exact) mass is 494 g/mol. The Morgan fingerprint density at radius 3 is 2.53 bits per heavy atom. The fourth-order valence-electron chi connectivity index (χ4n) is 4.71. The fourth-order valence-corrected chi connectivity index (χ4v) is 6.09. The molecular formula is C25H27FN6S2. The Hall–Kier alpha value is -2.46. The first-order valence-electron chi connectivity index (χ1n) is 11.8. The number of hydrogen-bond acceptors (Lipinski definition) is 6. The maximum atomic E-state index is 14.5. The number of hydrogen-bond donors (Lipinski definition) is 0. The van der Waals surface area contributed by atoms with Crippen LogP contribution in [0, 0.1) is 10.6 Å². The predicted molar refractivity (Wildman–Crippen MR) is 136 cm³/mol. The van der Waals surface area contributed by atoms with Gasteiger partial charge in [0.05, 0.1) is 28.5 Å². The number of fused-ring (bicyclic) bond motifs is 1. The van der Waals surface area contributed by atoms with Crippen molar-refractivity contribution in [3.8, 4) is 11.4 Å². The standard InChI is InChI=1S/C25H27FN6S2/c1-17(24-27-21-8-4-5-9-22(21)34-24)30-14-12-29(13-15-30)16-31-25(33)32(18-10-11-18)23(28-31)19-6-2-3-7-20(19)26/h2-9,17-18H,10-16H2,1H3. The van der Waals surface area contributed by atoms with Gasteiger partial charge in [-0.2, -0.15) is 5.10 Å². The van der Waals surface area contributed by atoms with Gasteiger partial charge in [0.1, 0.15) is 10.8 Å². The highest BCUT2D eigenvalue weighted by Crippen LogP contribution is 2.39. The second kappa shape index (κ2) is 8.96. The highest BCUT2D eigenvalue weighted by atomic mass is 32.1. The van der Waals surface area contributed by atoms with Crippen LogP contribution in [0.5, 0.6) is 0 Å². The molecule has 2 aromatic heterocycles. The number of nitrogens with zero attached hydrogens (tertiary/aromatic N) is 6. The molecule has 6 nitrogen and oxygen atoms in total. The molecule has 176 valence electrons. The van der Waals surface area contributed by atoms with Crippen molar-refractivity contribution in [2.75, 3.05) is 26.2 Å². The molecule has 34 heavy (non-hydrogen) atoms. The summed E-state index contributed by atoms with van der Waals surface area (Å²) >= 11 is 7.59. The number of piperazine rings is 1. The van der Waals surface area contributed by atoms with E-state index in [1.807, 2.05) is 16.8 Å². The first-order valence-corrected chi connectivity index (χ1v) is 13.1. The smallest absolute Gasteiger partial charge is 0.199 e. The Balaban J connectivity index is 1.16. The summed E-state index contributed by atoms with van der Waals surface area (Å²) in [5, 5.41) is 5.97. The van der Waals surface area contributed by atoms with Gasteiger partial charge >= 0.3 is 0 Å². The number of halogens is 1. The summed E-state index contributed by atoms with van der Waals surface area (Å²) < 4.78 is 20.4. The van der Waals surface area contributed by atoms with Crippen LogP contribution in [-0.4, -0.2) is 55.3 Å². The Kier molecular flexibility index (Phi) is 5.81. The number of rotatable bonds is 6. The van der Waals surface area contributed by atoms with Gasteiger partial charge in [-0.1, -0.05) is 24.3 Å². The molecule has 1 saturated carbocycles. The highest BCUT2D eigenvalue weighted by molar-refractivity contribution is 7.71. The third-order valence-electron chi connectivity index (χ3n) is 6.85. The number of para-hydroxylation sites is 1. The van der Waals surface area contributed by atoms with Gasteiger partial charge < -0.3 is 0 Å². The molecule has 9 heteroatoms. The van der Waals surface area contributed by atoms with Crippen LogP contribution in [0.3, 0.4) is 0 Å². The molecular weight excluding hydrogens is 467 g/mol. The average molecular weight is 495 g/mol. The van der Waals surface area contributed by atoms with Crippen molar-refractivity contribution in [2.45, 2.75) is 38.5 Å². The summed E-state index contributed by atoms with van der Waals surface area (Å²) in [6.07, 6.45) is 2.15. The highest BCUT2D eigenvalue weighted by Gasteiger charge is 2.31. The molecule has 2 aromatic carbocycles. The second-order valence-corrected chi connectivity index (χ2v) is 10.6. The van der Waals surface area contributed by atoms with Crippen LogP contribution in [0.1, 0.15) is 36.9 Å². The van der Waals surface area contributed by atoms with Crippen LogP contribution in [0.2, 0.25) is 0 Å². The molecule has 1 aliphatic heterocycles. The van der Waals surface area contributed by atoms with Crippen molar-refractivity contribution in [1.29, 1.82) is 0 Å². The van der Waals surface area contributed by atoms with Crippen LogP contribution in [0.25, 0.3) is 21.6 Å². The summed E-state index contributed by atoms with van der Waals surface area (Å²) in [5.74, 6) is 0.391. The molecule has 1 atom stereocenters. The molecule has 1 unspecified atom stereocenters. The lowest BCUT2D eigenvalue weighted by Crippen LogP contribution is -2.47. The molecule has 3 heterocycles. The van der Waals surface area contributed by atoms with Crippen molar-refractivity contribution in [3.63, 3.8) is 0 Å². The lowest BCUT2D eigenvalue weighted by molar-refractivity contribution is 0.0788. The van der Waals surface area contributed by atoms with Crippen LogP contribution >= 0.6 is 23.6 Å². The second-order valence-electron chi connectivity index (χ2n) is 9.18. The Labute approximate surface area is 207 Å². The van der Waals surface area contributed by atoms with E-state index in [0.29, 0.717) is 34.9 Å². The van der Waals surface area contributed by atoms with Gasteiger partial charge in [0.2, 0.25) is 0 Å². The van der Waals surface area contributed by atoms with Crippen molar-refractivity contribution in [1.82, 2.24) is 29.1 Å². The largest absolute Gasteiger partial charge is 0.297 e. The van der Waals surface area contributed by atoms with Crippen LogP contribution < -0.4 is 0 Å². The maximum absolute atomic E-state index is 14.5. The van der Waals surface area contributed by atoms with E-state index in [4.69, 9.17) is 22.3 Å². The van der Waals surface area contributed by atoms with E-state index in [-0.39, 0.29) is 5.82 Å². The van der Waals surface area contributed by atoms with Gasteiger partial charge in [0.25, 0.3) is 0 Å². The Bertz CT molecular complexity index is 1350. The van der Waals surface area contributed by atoms with Crippen molar-refractivity contribution < 1.29 is 4.39 Å². The van der Waals surface area contributed by atoms with E-state index in [2.05, 4.69) is 39.5 Å². The molecule has 0 N–H and O–H groups in total. The van der Waals surface area contributed by atoms with E-state index >= 15 is 0 Å². The van der Waals surface area contributed by atoms with Crippen LogP contribution in [-0.2, 0) is 6.67 Å².